The van der Waals surface area contributed by atoms with Gasteiger partial charge in [0.15, 0.2) is 0 Å². The summed E-state index contributed by atoms with van der Waals surface area (Å²) >= 11 is 0. The predicted octanol–water partition coefficient (Wildman–Crippen LogP) is 4.28. The second-order valence-corrected chi connectivity index (χ2v) is 5.92. The lowest BCUT2D eigenvalue weighted by Crippen LogP contribution is -2.05. The monoisotopic (exact) mass is 281 g/mol. The minimum atomic E-state index is -1.25. The van der Waals surface area contributed by atoms with Crippen molar-refractivity contribution in [2.75, 3.05) is 4.72 Å². The van der Waals surface area contributed by atoms with Crippen molar-refractivity contribution in [1.29, 1.82) is 0 Å². The van der Waals surface area contributed by atoms with Crippen LogP contribution in [0.3, 0.4) is 0 Å². The molecule has 0 radical (unpaired) electrons. The van der Waals surface area contributed by atoms with Crippen LogP contribution in [0.2, 0.25) is 0 Å². The molecule has 0 aliphatic carbocycles. The van der Waals surface area contributed by atoms with E-state index in [4.69, 9.17) is 0 Å². The van der Waals surface area contributed by atoms with Gasteiger partial charge in [-0.3, -0.25) is 0 Å². The van der Waals surface area contributed by atoms with Gasteiger partial charge in [0.05, 0.1) is 10.6 Å². The van der Waals surface area contributed by atoms with Gasteiger partial charge in [-0.25, -0.2) is 4.21 Å². The summed E-state index contributed by atoms with van der Waals surface area (Å²) in [5.41, 5.74) is 2.05. The van der Waals surface area contributed by atoms with Crippen molar-refractivity contribution in [3.05, 3.63) is 72.3 Å². The number of anilines is 1. The molecule has 3 aromatic rings. The molecular weight excluding hydrogens is 266 g/mol. The first-order valence-corrected chi connectivity index (χ1v) is 7.62. The van der Waals surface area contributed by atoms with E-state index in [9.17, 15) is 4.21 Å². The molecule has 0 heterocycles. The first-order chi connectivity index (χ1) is 9.74. The Kier molecular flexibility index (Phi) is 3.52. The average molecular weight is 281 g/mol. The first-order valence-electron chi connectivity index (χ1n) is 6.47. The molecule has 0 amide bonds. The highest BCUT2D eigenvalue weighted by atomic mass is 32.2. The quantitative estimate of drug-likeness (QED) is 0.762. The molecule has 1 unspecified atom stereocenters. The third kappa shape index (κ3) is 2.58. The van der Waals surface area contributed by atoms with Crippen LogP contribution in [0.1, 0.15) is 5.56 Å². The molecule has 0 saturated heterocycles. The summed E-state index contributed by atoms with van der Waals surface area (Å²) in [6.07, 6.45) is 0. The molecule has 20 heavy (non-hydrogen) atoms. The standard InChI is InChI=1S/C17H15NOS/c1-13-9-11-15(12-10-13)20(19)18-17-8-4-6-14-5-2-3-7-16(14)17/h2-12,18H,1H3. The maximum atomic E-state index is 12.4. The largest absolute Gasteiger partial charge is 0.301 e. The fraction of sp³-hybridized carbons (Fsp3) is 0.0588. The molecule has 100 valence electrons. The van der Waals surface area contributed by atoms with Gasteiger partial charge in [-0.2, -0.15) is 0 Å². The lowest BCUT2D eigenvalue weighted by molar-refractivity contribution is 0.686. The highest BCUT2D eigenvalue weighted by molar-refractivity contribution is 7.86. The third-order valence-electron chi connectivity index (χ3n) is 3.23. The zero-order chi connectivity index (χ0) is 13.9. The molecule has 0 bridgehead atoms. The zero-order valence-electron chi connectivity index (χ0n) is 11.2. The summed E-state index contributed by atoms with van der Waals surface area (Å²) in [6.45, 7) is 2.02. The molecule has 0 aromatic heterocycles. The topological polar surface area (TPSA) is 29.1 Å². The van der Waals surface area contributed by atoms with Gasteiger partial charge in [0.25, 0.3) is 0 Å². The van der Waals surface area contributed by atoms with Crippen molar-refractivity contribution in [3.63, 3.8) is 0 Å². The number of rotatable bonds is 3. The van der Waals surface area contributed by atoms with Gasteiger partial charge in [0.1, 0.15) is 11.0 Å². The van der Waals surface area contributed by atoms with E-state index in [2.05, 4.69) is 16.9 Å². The number of nitrogens with one attached hydrogen (secondary N) is 1. The summed E-state index contributed by atoms with van der Waals surface area (Å²) in [5, 5.41) is 2.22. The Morgan fingerprint density at radius 2 is 1.55 bits per heavy atom. The fourth-order valence-electron chi connectivity index (χ4n) is 2.14. The lowest BCUT2D eigenvalue weighted by Gasteiger charge is -2.09. The van der Waals surface area contributed by atoms with E-state index in [0.29, 0.717) is 0 Å². The van der Waals surface area contributed by atoms with Crippen LogP contribution in [0.4, 0.5) is 5.69 Å². The molecule has 0 aliphatic rings. The first kappa shape index (κ1) is 12.9. The number of aryl methyl sites for hydroxylation is 1. The summed E-state index contributed by atoms with van der Waals surface area (Å²) in [7, 11) is -1.25. The van der Waals surface area contributed by atoms with Crippen molar-refractivity contribution in [1.82, 2.24) is 0 Å². The smallest absolute Gasteiger partial charge is 0.150 e. The summed E-state index contributed by atoms with van der Waals surface area (Å²) in [6, 6.07) is 21.8. The minimum absolute atomic E-state index is 0.781. The van der Waals surface area contributed by atoms with E-state index in [-0.39, 0.29) is 0 Å². The van der Waals surface area contributed by atoms with Crippen LogP contribution in [0, 0.1) is 6.92 Å². The van der Waals surface area contributed by atoms with E-state index in [1.165, 1.54) is 0 Å². The highest BCUT2D eigenvalue weighted by Crippen LogP contribution is 2.24. The van der Waals surface area contributed by atoms with Crippen molar-refractivity contribution in [2.45, 2.75) is 11.8 Å². The Hall–Kier alpha value is -2.13. The summed E-state index contributed by atoms with van der Waals surface area (Å²) in [4.78, 5) is 0.781. The number of hydrogen-bond acceptors (Lipinski definition) is 1. The summed E-state index contributed by atoms with van der Waals surface area (Å²) in [5.74, 6) is 0. The van der Waals surface area contributed by atoms with Crippen molar-refractivity contribution >= 4 is 27.4 Å². The van der Waals surface area contributed by atoms with Crippen LogP contribution in [-0.2, 0) is 11.0 Å². The number of fused-ring (bicyclic) bond motifs is 1. The van der Waals surface area contributed by atoms with Gasteiger partial charge in [-0.05, 0) is 30.5 Å². The van der Waals surface area contributed by atoms with Crippen LogP contribution in [-0.4, -0.2) is 4.21 Å². The zero-order valence-corrected chi connectivity index (χ0v) is 12.0. The van der Waals surface area contributed by atoms with Crippen molar-refractivity contribution < 1.29 is 4.21 Å². The fourth-order valence-corrected chi connectivity index (χ4v) is 3.01. The third-order valence-corrected chi connectivity index (χ3v) is 4.33. The normalized spacial score (nSPS) is 12.2. The van der Waals surface area contributed by atoms with E-state index >= 15 is 0 Å². The maximum absolute atomic E-state index is 12.4. The number of hydrogen-bond donors (Lipinski definition) is 1. The SMILES string of the molecule is Cc1ccc(S(=O)Nc2cccc3ccccc23)cc1. The van der Waals surface area contributed by atoms with Gasteiger partial charge >= 0.3 is 0 Å². The van der Waals surface area contributed by atoms with Gasteiger partial charge in [0, 0.05) is 5.39 Å². The molecule has 3 heteroatoms. The van der Waals surface area contributed by atoms with Crippen LogP contribution in [0.15, 0.2) is 71.6 Å². The molecule has 1 atom stereocenters. The minimum Gasteiger partial charge on any atom is -0.301 e. The molecule has 0 saturated carbocycles. The van der Waals surface area contributed by atoms with Crippen LogP contribution < -0.4 is 4.72 Å². The Morgan fingerprint density at radius 1 is 0.850 bits per heavy atom. The lowest BCUT2D eigenvalue weighted by atomic mass is 10.1. The Labute approximate surface area is 121 Å². The second kappa shape index (κ2) is 5.47. The Morgan fingerprint density at radius 3 is 2.35 bits per heavy atom. The summed E-state index contributed by atoms with van der Waals surface area (Å²) < 4.78 is 15.5. The van der Waals surface area contributed by atoms with Crippen LogP contribution >= 0.6 is 0 Å². The molecular formula is C17H15NOS. The van der Waals surface area contributed by atoms with E-state index in [0.717, 1.165) is 26.9 Å². The Bertz CT molecular complexity index is 760. The molecule has 0 spiro atoms. The van der Waals surface area contributed by atoms with Crippen LogP contribution in [0.25, 0.3) is 10.8 Å². The van der Waals surface area contributed by atoms with Gasteiger partial charge in [0.2, 0.25) is 0 Å². The maximum Gasteiger partial charge on any atom is 0.150 e. The van der Waals surface area contributed by atoms with E-state index in [1.807, 2.05) is 61.5 Å². The molecule has 0 fully saturated rings. The van der Waals surface area contributed by atoms with E-state index < -0.39 is 11.0 Å². The molecule has 0 aliphatic heterocycles. The Balaban J connectivity index is 1.93. The predicted molar refractivity (Wildman–Crippen MR) is 85.2 cm³/mol. The van der Waals surface area contributed by atoms with Crippen molar-refractivity contribution in [2.24, 2.45) is 0 Å². The number of benzene rings is 3. The average Bonchev–Trinajstić information content (AvgIpc) is 2.48. The molecule has 3 rings (SSSR count). The van der Waals surface area contributed by atoms with Gasteiger partial charge in [-0.15, -0.1) is 0 Å². The molecule has 1 N–H and O–H groups in total. The van der Waals surface area contributed by atoms with Crippen molar-refractivity contribution in [3.8, 4) is 0 Å². The second-order valence-electron chi connectivity index (χ2n) is 4.71. The van der Waals surface area contributed by atoms with Gasteiger partial charge < -0.3 is 4.72 Å². The van der Waals surface area contributed by atoms with Gasteiger partial charge in [-0.1, -0.05) is 54.1 Å². The molecule has 3 aromatic carbocycles. The van der Waals surface area contributed by atoms with Crippen LogP contribution in [0.5, 0.6) is 0 Å². The highest BCUT2D eigenvalue weighted by Gasteiger charge is 2.06. The van der Waals surface area contributed by atoms with E-state index in [1.54, 1.807) is 0 Å². The molecule has 2 nitrogen and oxygen atoms in total.